The Morgan fingerprint density at radius 1 is 1.05 bits per heavy atom. The molecule has 100 valence electrons. The smallest absolute Gasteiger partial charge is 0.165 e. The van der Waals surface area contributed by atoms with E-state index in [4.69, 9.17) is 4.74 Å². The zero-order chi connectivity index (χ0) is 13.5. The maximum atomic E-state index is 13.7. The van der Waals surface area contributed by atoms with Crippen LogP contribution in [0, 0.1) is 5.82 Å². The van der Waals surface area contributed by atoms with Crippen LogP contribution in [0.1, 0.15) is 11.1 Å². The highest BCUT2D eigenvalue weighted by Crippen LogP contribution is 2.18. The number of hydrogen-bond acceptors (Lipinski definition) is 2. The van der Waals surface area contributed by atoms with Crippen LogP contribution in [-0.4, -0.2) is 13.7 Å². The van der Waals surface area contributed by atoms with Crippen molar-refractivity contribution in [1.82, 2.24) is 5.32 Å². The molecule has 0 aliphatic rings. The van der Waals surface area contributed by atoms with Gasteiger partial charge in [0.1, 0.15) is 0 Å². The Morgan fingerprint density at radius 3 is 2.53 bits per heavy atom. The van der Waals surface area contributed by atoms with Crippen LogP contribution in [0.4, 0.5) is 4.39 Å². The van der Waals surface area contributed by atoms with Crippen molar-refractivity contribution in [3.05, 3.63) is 65.5 Å². The molecule has 0 radical (unpaired) electrons. The Labute approximate surface area is 113 Å². The second-order valence-corrected chi connectivity index (χ2v) is 4.38. The molecule has 0 bridgehead atoms. The van der Waals surface area contributed by atoms with E-state index in [0.29, 0.717) is 18.9 Å². The van der Waals surface area contributed by atoms with Crippen LogP contribution in [-0.2, 0) is 13.0 Å². The van der Waals surface area contributed by atoms with Gasteiger partial charge < -0.3 is 10.1 Å². The molecule has 0 saturated heterocycles. The van der Waals surface area contributed by atoms with E-state index in [1.165, 1.54) is 11.6 Å². The second kappa shape index (κ2) is 6.90. The van der Waals surface area contributed by atoms with Gasteiger partial charge in [0.25, 0.3) is 0 Å². The number of halogens is 1. The van der Waals surface area contributed by atoms with Crippen LogP contribution in [0.3, 0.4) is 0 Å². The van der Waals surface area contributed by atoms with Gasteiger partial charge in [0.05, 0.1) is 6.61 Å². The van der Waals surface area contributed by atoms with Gasteiger partial charge in [-0.2, -0.15) is 0 Å². The zero-order valence-corrected chi connectivity index (χ0v) is 11.0. The molecule has 0 aliphatic carbocycles. The third-order valence-corrected chi connectivity index (χ3v) is 2.87. The average Bonchev–Trinajstić information content (AvgIpc) is 2.43. The predicted molar refractivity (Wildman–Crippen MR) is 74.8 cm³/mol. The lowest BCUT2D eigenvalue weighted by atomic mass is 10.2. The first-order valence-corrected chi connectivity index (χ1v) is 6.39. The average molecular weight is 259 g/mol. The van der Waals surface area contributed by atoms with Crippen molar-refractivity contribution in [3.63, 3.8) is 0 Å². The summed E-state index contributed by atoms with van der Waals surface area (Å²) in [5.41, 5.74) is 2.10. The van der Waals surface area contributed by atoms with Crippen molar-refractivity contribution in [2.45, 2.75) is 13.0 Å². The molecule has 1 N–H and O–H groups in total. The van der Waals surface area contributed by atoms with E-state index in [9.17, 15) is 4.39 Å². The van der Waals surface area contributed by atoms with Gasteiger partial charge in [-0.25, -0.2) is 4.39 Å². The molecule has 0 saturated carbocycles. The maximum Gasteiger partial charge on any atom is 0.165 e. The van der Waals surface area contributed by atoms with E-state index >= 15 is 0 Å². The van der Waals surface area contributed by atoms with Crippen LogP contribution in [0.15, 0.2) is 48.5 Å². The SMILES string of the molecule is CNCc1ccc(OCCc2ccccc2)c(F)c1. The zero-order valence-electron chi connectivity index (χ0n) is 11.0. The topological polar surface area (TPSA) is 21.3 Å². The third-order valence-electron chi connectivity index (χ3n) is 2.87. The van der Waals surface area contributed by atoms with E-state index in [2.05, 4.69) is 5.32 Å². The maximum absolute atomic E-state index is 13.7. The van der Waals surface area contributed by atoms with E-state index in [1.54, 1.807) is 6.07 Å². The molecule has 0 fully saturated rings. The Morgan fingerprint density at radius 2 is 1.84 bits per heavy atom. The highest BCUT2D eigenvalue weighted by molar-refractivity contribution is 5.29. The molecule has 2 rings (SSSR count). The van der Waals surface area contributed by atoms with Crippen molar-refractivity contribution in [1.29, 1.82) is 0 Å². The van der Waals surface area contributed by atoms with Crippen LogP contribution in [0.2, 0.25) is 0 Å². The van der Waals surface area contributed by atoms with Gasteiger partial charge >= 0.3 is 0 Å². The molecule has 0 atom stereocenters. The van der Waals surface area contributed by atoms with Gasteiger partial charge in [0.2, 0.25) is 0 Å². The van der Waals surface area contributed by atoms with E-state index in [0.717, 1.165) is 12.0 Å². The summed E-state index contributed by atoms with van der Waals surface area (Å²) >= 11 is 0. The van der Waals surface area contributed by atoms with Crippen LogP contribution in [0.5, 0.6) is 5.75 Å². The molecule has 2 aromatic carbocycles. The summed E-state index contributed by atoms with van der Waals surface area (Å²) in [6.07, 6.45) is 0.776. The largest absolute Gasteiger partial charge is 0.490 e. The Kier molecular flexibility index (Phi) is 4.93. The molecule has 19 heavy (non-hydrogen) atoms. The van der Waals surface area contributed by atoms with Gasteiger partial charge in [-0.1, -0.05) is 36.4 Å². The van der Waals surface area contributed by atoms with Crippen molar-refractivity contribution in [2.75, 3.05) is 13.7 Å². The molecule has 2 nitrogen and oxygen atoms in total. The first kappa shape index (κ1) is 13.6. The minimum absolute atomic E-state index is 0.305. The number of nitrogens with one attached hydrogen (secondary N) is 1. The Balaban J connectivity index is 1.89. The molecule has 3 heteroatoms. The van der Waals surface area contributed by atoms with E-state index in [1.807, 2.05) is 43.4 Å². The Bertz CT molecular complexity index is 513. The van der Waals surface area contributed by atoms with E-state index < -0.39 is 0 Å². The molecule has 0 heterocycles. The fourth-order valence-electron chi connectivity index (χ4n) is 1.90. The van der Waals surface area contributed by atoms with Crippen LogP contribution < -0.4 is 10.1 Å². The molecule has 2 aromatic rings. The molecular formula is C16H18FNO. The standard InChI is InChI=1S/C16H18FNO/c1-18-12-14-7-8-16(15(17)11-14)19-10-9-13-5-3-2-4-6-13/h2-8,11,18H,9-10,12H2,1H3. The Hall–Kier alpha value is -1.87. The van der Waals surface area contributed by atoms with Crippen LogP contribution >= 0.6 is 0 Å². The first-order chi connectivity index (χ1) is 9.29. The second-order valence-electron chi connectivity index (χ2n) is 4.38. The summed E-state index contributed by atoms with van der Waals surface area (Å²) < 4.78 is 19.2. The highest BCUT2D eigenvalue weighted by atomic mass is 19.1. The molecule has 0 aromatic heterocycles. The van der Waals surface area contributed by atoms with Gasteiger partial charge in [-0.05, 0) is 30.3 Å². The normalized spacial score (nSPS) is 10.4. The van der Waals surface area contributed by atoms with Gasteiger partial charge in [-0.3, -0.25) is 0 Å². The molecule has 0 aliphatic heterocycles. The molecule has 0 unspecified atom stereocenters. The van der Waals surface area contributed by atoms with Crippen molar-refractivity contribution >= 4 is 0 Å². The fraction of sp³-hybridized carbons (Fsp3) is 0.250. The summed E-state index contributed by atoms with van der Waals surface area (Å²) in [5.74, 6) is 0.0107. The quantitative estimate of drug-likeness (QED) is 0.860. The minimum atomic E-state index is -0.305. The fourth-order valence-corrected chi connectivity index (χ4v) is 1.90. The lowest BCUT2D eigenvalue weighted by molar-refractivity contribution is 0.305. The summed E-state index contributed by atoms with van der Waals surface area (Å²) in [7, 11) is 1.84. The van der Waals surface area contributed by atoms with Crippen molar-refractivity contribution in [2.24, 2.45) is 0 Å². The molecular weight excluding hydrogens is 241 g/mol. The summed E-state index contributed by atoms with van der Waals surface area (Å²) in [4.78, 5) is 0. The summed E-state index contributed by atoms with van der Waals surface area (Å²) in [6.45, 7) is 1.13. The van der Waals surface area contributed by atoms with Crippen LogP contribution in [0.25, 0.3) is 0 Å². The number of hydrogen-bond donors (Lipinski definition) is 1. The summed E-state index contributed by atoms with van der Waals surface area (Å²) in [6, 6.07) is 15.1. The minimum Gasteiger partial charge on any atom is -0.490 e. The summed E-state index contributed by atoms with van der Waals surface area (Å²) in [5, 5.41) is 2.99. The third kappa shape index (κ3) is 4.07. The van der Waals surface area contributed by atoms with Crippen molar-refractivity contribution < 1.29 is 9.13 Å². The first-order valence-electron chi connectivity index (χ1n) is 6.39. The van der Waals surface area contributed by atoms with E-state index in [-0.39, 0.29) is 5.82 Å². The monoisotopic (exact) mass is 259 g/mol. The number of ether oxygens (including phenoxy) is 1. The van der Waals surface area contributed by atoms with Gasteiger partial charge in [-0.15, -0.1) is 0 Å². The van der Waals surface area contributed by atoms with Crippen molar-refractivity contribution in [3.8, 4) is 5.75 Å². The number of benzene rings is 2. The lowest BCUT2D eigenvalue weighted by Gasteiger charge is -2.08. The predicted octanol–water partition coefficient (Wildman–Crippen LogP) is 3.17. The van der Waals surface area contributed by atoms with Gasteiger partial charge in [0.15, 0.2) is 11.6 Å². The lowest BCUT2D eigenvalue weighted by Crippen LogP contribution is -2.06. The molecule has 0 amide bonds. The highest BCUT2D eigenvalue weighted by Gasteiger charge is 2.04. The molecule has 0 spiro atoms. The van der Waals surface area contributed by atoms with Gasteiger partial charge in [0, 0.05) is 13.0 Å². The number of rotatable bonds is 6.